The summed E-state index contributed by atoms with van der Waals surface area (Å²) in [6.45, 7) is 5.14. The van der Waals surface area contributed by atoms with E-state index in [2.05, 4.69) is 40.3 Å². The number of nitriles is 1. The van der Waals surface area contributed by atoms with Crippen molar-refractivity contribution >= 4 is 0 Å². The van der Waals surface area contributed by atoms with Gasteiger partial charge in [0.15, 0.2) is 0 Å². The van der Waals surface area contributed by atoms with Crippen LogP contribution in [0.4, 0.5) is 0 Å². The molecule has 1 aromatic rings. The second-order valence-corrected chi connectivity index (χ2v) is 4.94. The van der Waals surface area contributed by atoms with Gasteiger partial charge in [-0.25, -0.2) is 0 Å². The zero-order valence-corrected chi connectivity index (χ0v) is 10.8. The van der Waals surface area contributed by atoms with Crippen LogP contribution in [0.1, 0.15) is 25.3 Å². The third-order valence-electron chi connectivity index (χ3n) is 3.55. The molecule has 0 aromatic carbocycles. The fourth-order valence-electron chi connectivity index (χ4n) is 2.40. The van der Waals surface area contributed by atoms with Crippen LogP contribution in [0.15, 0.2) is 24.5 Å². The predicted octanol–water partition coefficient (Wildman–Crippen LogP) is 1.55. The van der Waals surface area contributed by atoms with Gasteiger partial charge in [0.05, 0.1) is 12.5 Å². The van der Waals surface area contributed by atoms with Gasteiger partial charge in [0.25, 0.3) is 0 Å². The topological polar surface area (TPSA) is 52.0 Å². The lowest BCUT2D eigenvalue weighted by atomic mass is 10.1. The molecule has 1 aliphatic rings. The second kappa shape index (κ2) is 6.48. The van der Waals surface area contributed by atoms with Crippen molar-refractivity contribution in [2.75, 3.05) is 13.1 Å². The molecule has 0 radical (unpaired) electrons. The molecule has 1 aliphatic heterocycles. The molecule has 1 aromatic heterocycles. The Balaban J connectivity index is 2.01. The van der Waals surface area contributed by atoms with Gasteiger partial charge in [0.2, 0.25) is 0 Å². The van der Waals surface area contributed by atoms with E-state index in [1.807, 2.05) is 12.4 Å². The molecule has 2 unspecified atom stereocenters. The first-order valence-corrected chi connectivity index (χ1v) is 6.53. The summed E-state index contributed by atoms with van der Waals surface area (Å²) in [5, 5.41) is 12.3. The SMILES string of the molecule is CC1CCNC(CC#N)CN1Cc1ccncc1. The monoisotopic (exact) mass is 244 g/mol. The van der Waals surface area contributed by atoms with Crippen molar-refractivity contribution in [2.45, 2.75) is 38.4 Å². The van der Waals surface area contributed by atoms with Gasteiger partial charge < -0.3 is 5.32 Å². The van der Waals surface area contributed by atoms with Crippen molar-refractivity contribution < 1.29 is 0 Å². The molecule has 1 saturated heterocycles. The number of nitrogens with one attached hydrogen (secondary N) is 1. The van der Waals surface area contributed by atoms with Gasteiger partial charge in [-0.2, -0.15) is 5.26 Å². The van der Waals surface area contributed by atoms with Gasteiger partial charge in [-0.15, -0.1) is 0 Å². The molecule has 0 aliphatic carbocycles. The number of hydrogen-bond donors (Lipinski definition) is 1. The molecule has 0 saturated carbocycles. The van der Waals surface area contributed by atoms with Crippen LogP contribution in [0.25, 0.3) is 0 Å². The molecule has 2 atom stereocenters. The van der Waals surface area contributed by atoms with Gasteiger partial charge in [-0.05, 0) is 37.6 Å². The summed E-state index contributed by atoms with van der Waals surface area (Å²) < 4.78 is 0. The van der Waals surface area contributed by atoms with Gasteiger partial charge in [0, 0.05) is 37.6 Å². The summed E-state index contributed by atoms with van der Waals surface area (Å²) in [6, 6.07) is 7.23. The third kappa shape index (κ3) is 3.52. The Morgan fingerprint density at radius 2 is 2.28 bits per heavy atom. The normalized spacial score (nSPS) is 25.3. The number of nitrogens with zero attached hydrogens (tertiary/aromatic N) is 3. The average molecular weight is 244 g/mol. The first-order valence-electron chi connectivity index (χ1n) is 6.53. The Bertz CT molecular complexity index is 398. The Morgan fingerprint density at radius 1 is 1.50 bits per heavy atom. The molecule has 4 nitrogen and oxygen atoms in total. The Labute approximate surface area is 109 Å². The second-order valence-electron chi connectivity index (χ2n) is 4.94. The Morgan fingerprint density at radius 3 is 3.00 bits per heavy atom. The smallest absolute Gasteiger partial charge is 0.0638 e. The van der Waals surface area contributed by atoms with Crippen molar-refractivity contribution in [3.05, 3.63) is 30.1 Å². The van der Waals surface area contributed by atoms with Crippen LogP contribution in [0.2, 0.25) is 0 Å². The fourth-order valence-corrected chi connectivity index (χ4v) is 2.40. The third-order valence-corrected chi connectivity index (χ3v) is 3.55. The molecule has 18 heavy (non-hydrogen) atoms. The molecular formula is C14H20N4. The minimum Gasteiger partial charge on any atom is -0.312 e. The van der Waals surface area contributed by atoms with Crippen LogP contribution in [0, 0.1) is 11.3 Å². The summed E-state index contributed by atoms with van der Waals surface area (Å²) in [6.07, 6.45) is 5.39. The van der Waals surface area contributed by atoms with Crippen molar-refractivity contribution in [1.29, 1.82) is 5.26 Å². The molecule has 0 spiro atoms. The number of hydrogen-bond acceptors (Lipinski definition) is 4. The predicted molar refractivity (Wildman–Crippen MR) is 70.7 cm³/mol. The summed E-state index contributed by atoms with van der Waals surface area (Å²) in [5.41, 5.74) is 1.29. The van der Waals surface area contributed by atoms with Crippen molar-refractivity contribution in [2.24, 2.45) is 0 Å². The molecular weight excluding hydrogens is 224 g/mol. The molecule has 4 heteroatoms. The maximum Gasteiger partial charge on any atom is 0.0638 e. The average Bonchev–Trinajstić information content (AvgIpc) is 2.54. The lowest BCUT2D eigenvalue weighted by Crippen LogP contribution is -2.39. The van der Waals surface area contributed by atoms with E-state index < -0.39 is 0 Å². The Kier molecular flexibility index (Phi) is 4.68. The van der Waals surface area contributed by atoms with Crippen LogP contribution in [0.3, 0.4) is 0 Å². The minimum atomic E-state index is 0.293. The first-order chi connectivity index (χ1) is 8.79. The van der Waals surface area contributed by atoms with E-state index in [9.17, 15) is 0 Å². The van der Waals surface area contributed by atoms with E-state index in [0.717, 1.165) is 26.1 Å². The quantitative estimate of drug-likeness (QED) is 0.876. The van der Waals surface area contributed by atoms with Gasteiger partial charge >= 0.3 is 0 Å². The molecule has 1 N–H and O–H groups in total. The highest BCUT2D eigenvalue weighted by molar-refractivity contribution is 5.09. The zero-order chi connectivity index (χ0) is 12.8. The van der Waals surface area contributed by atoms with Crippen LogP contribution in [0.5, 0.6) is 0 Å². The Hall–Kier alpha value is -1.44. The summed E-state index contributed by atoms with van der Waals surface area (Å²) in [5.74, 6) is 0. The van der Waals surface area contributed by atoms with Crippen molar-refractivity contribution in [3.63, 3.8) is 0 Å². The van der Waals surface area contributed by atoms with E-state index in [1.54, 1.807) is 0 Å². The summed E-state index contributed by atoms with van der Waals surface area (Å²) >= 11 is 0. The van der Waals surface area contributed by atoms with Crippen LogP contribution >= 0.6 is 0 Å². The summed E-state index contributed by atoms with van der Waals surface area (Å²) in [4.78, 5) is 6.50. The van der Waals surface area contributed by atoms with E-state index in [1.165, 1.54) is 5.56 Å². The van der Waals surface area contributed by atoms with Gasteiger partial charge in [-0.1, -0.05) is 0 Å². The molecule has 0 bridgehead atoms. The molecule has 2 heterocycles. The lowest BCUT2D eigenvalue weighted by molar-refractivity contribution is 0.196. The summed E-state index contributed by atoms with van der Waals surface area (Å²) in [7, 11) is 0. The van der Waals surface area contributed by atoms with Crippen LogP contribution < -0.4 is 5.32 Å². The molecule has 1 fully saturated rings. The largest absolute Gasteiger partial charge is 0.312 e. The molecule has 96 valence electrons. The lowest BCUT2D eigenvalue weighted by Gasteiger charge is -2.28. The molecule has 2 rings (SSSR count). The molecule has 0 amide bonds. The highest BCUT2D eigenvalue weighted by Gasteiger charge is 2.22. The van der Waals surface area contributed by atoms with E-state index in [0.29, 0.717) is 18.5 Å². The van der Waals surface area contributed by atoms with E-state index >= 15 is 0 Å². The van der Waals surface area contributed by atoms with Gasteiger partial charge in [-0.3, -0.25) is 9.88 Å². The highest BCUT2D eigenvalue weighted by Crippen LogP contribution is 2.14. The fraction of sp³-hybridized carbons (Fsp3) is 0.571. The maximum absolute atomic E-state index is 8.84. The maximum atomic E-state index is 8.84. The zero-order valence-electron chi connectivity index (χ0n) is 10.8. The minimum absolute atomic E-state index is 0.293. The first kappa shape index (κ1) is 13.0. The van der Waals surface area contributed by atoms with Gasteiger partial charge in [0.1, 0.15) is 0 Å². The van der Waals surface area contributed by atoms with Crippen molar-refractivity contribution in [1.82, 2.24) is 15.2 Å². The number of pyridine rings is 1. The standard InChI is InChI=1S/C14H20N4/c1-12-3-9-17-14(2-6-15)11-18(12)10-13-4-7-16-8-5-13/h4-5,7-8,12,14,17H,2-3,9-11H2,1H3. The van der Waals surface area contributed by atoms with Crippen LogP contribution in [-0.4, -0.2) is 35.1 Å². The van der Waals surface area contributed by atoms with E-state index in [4.69, 9.17) is 5.26 Å². The van der Waals surface area contributed by atoms with E-state index in [-0.39, 0.29) is 0 Å². The highest BCUT2D eigenvalue weighted by atomic mass is 15.2. The number of rotatable bonds is 3. The van der Waals surface area contributed by atoms with Crippen molar-refractivity contribution in [3.8, 4) is 6.07 Å². The van der Waals surface area contributed by atoms with Crippen LogP contribution in [-0.2, 0) is 6.54 Å². The number of aromatic nitrogens is 1.